The number of nitrogens with two attached hydrogens (primary N) is 1. The average molecular weight is 264 g/mol. The fraction of sp³-hybridized carbons (Fsp3) is 0.333. The molecule has 1 aromatic heterocycles. The number of hydrogen-bond donors (Lipinski definition) is 1. The summed E-state index contributed by atoms with van der Waals surface area (Å²) in [4.78, 5) is 6.34. The van der Waals surface area contributed by atoms with Crippen LogP contribution in [0.5, 0.6) is 5.75 Å². The van der Waals surface area contributed by atoms with E-state index in [2.05, 4.69) is 14.3 Å². The Hall–Kier alpha value is -1.66. The van der Waals surface area contributed by atoms with Crippen molar-refractivity contribution in [1.82, 2.24) is 9.36 Å². The second-order valence-corrected chi connectivity index (χ2v) is 4.45. The summed E-state index contributed by atoms with van der Waals surface area (Å²) in [6, 6.07) is 7.88. The predicted octanol–water partition coefficient (Wildman–Crippen LogP) is 2.03. The molecule has 1 aromatic carbocycles. The van der Waals surface area contributed by atoms with E-state index in [4.69, 9.17) is 10.5 Å². The van der Waals surface area contributed by atoms with Crippen molar-refractivity contribution >= 4 is 22.4 Å². The molecule has 0 saturated carbocycles. The Labute approximate surface area is 110 Å². The van der Waals surface area contributed by atoms with Gasteiger partial charge in [0.25, 0.3) is 0 Å². The van der Waals surface area contributed by atoms with Crippen molar-refractivity contribution in [3.8, 4) is 5.75 Å². The first-order valence-corrected chi connectivity index (χ1v) is 6.51. The molecule has 0 radical (unpaired) electrons. The van der Waals surface area contributed by atoms with E-state index < -0.39 is 0 Å². The van der Waals surface area contributed by atoms with Crippen molar-refractivity contribution in [2.75, 3.05) is 25.1 Å². The molecule has 0 aliphatic rings. The van der Waals surface area contributed by atoms with E-state index >= 15 is 0 Å². The Balaban J connectivity index is 2.33. The fourth-order valence-electron chi connectivity index (χ4n) is 1.71. The van der Waals surface area contributed by atoms with E-state index in [1.165, 1.54) is 11.5 Å². The van der Waals surface area contributed by atoms with Crippen LogP contribution >= 0.6 is 11.5 Å². The van der Waals surface area contributed by atoms with E-state index in [1.54, 1.807) is 13.4 Å². The van der Waals surface area contributed by atoms with Gasteiger partial charge in [0.2, 0.25) is 5.13 Å². The number of rotatable bonds is 6. The van der Waals surface area contributed by atoms with Crippen LogP contribution in [0, 0.1) is 0 Å². The van der Waals surface area contributed by atoms with Crippen molar-refractivity contribution in [2.45, 2.75) is 6.42 Å². The van der Waals surface area contributed by atoms with Crippen molar-refractivity contribution in [1.29, 1.82) is 0 Å². The monoisotopic (exact) mass is 264 g/mol. The third kappa shape index (κ3) is 2.77. The minimum Gasteiger partial charge on any atom is -0.495 e. The van der Waals surface area contributed by atoms with Crippen LogP contribution in [0.2, 0.25) is 0 Å². The number of hydrogen-bond acceptors (Lipinski definition) is 6. The maximum Gasteiger partial charge on any atom is 0.209 e. The molecule has 0 aliphatic carbocycles. The van der Waals surface area contributed by atoms with E-state index in [0.29, 0.717) is 6.54 Å². The van der Waals surface area contributed by atoms with E-state index in [-0.39, 0.29) is 0 Å². The summed E-state index contributed by atoms with van der Waals surface area (Å²) in [5, 5.41) is 0.855. The lowest BCUT2D eigenvalue weighted by atomic mass is 10.2. The van der Waals surface area contributed by atoms with Gasteiger partial charge in [-0.15, -0.1) is 0 Å². The van der Waals surface area contributed by atoms with Crippen LogP contribution in [0.25, 0.3) is 0 Å². The number of nitrogens with zero attached hydrogens (tertiary/aromatic N) is 3. The number of aromatic nitrogens is 2. The molecule has 0 fully saturated rings. The van der Waals surface area contributed by atoms with Crippen LogP contribution < -0.4 is 15.4 Å². The van der Waals surface area contributed by atoms with Gasteiger partial charge in [-0.05, 0) is 25.1 Å². The average Bonchev–Trinajstić information content (AvgIpc) is 2.94. The Morgan fingerprint density at radius 2 is 2.22 bits per heavy atom. The highest BCUT2D eigenvalue weighted by molar-refractivity contribution is 7.09. The number of para-hydroxylation sites is 2. The third-order valence-corrected chi connectivity index (χ3v) is 3.23. The highest BCUT2D eigenvalue weighted by Crippen LogP contribution is 2.33. The third-order valence-electron chi connectivity index (χ3n) is 2.54. The van der Waals surface area contributed by atoms with Gasteiger partial charge in [0.15, 0.2) is 0 Å². The summed E-state index contributed by atoms with van der Waals surface area (Å²) in [6.07, 6.45) is 2.45. The van der Waals surface area contributed by atoms with Crippen LogP contribution in [0.15, 0.2) is 30.6 Å². The SMILES string of the molecule is COc1ccccc1N(CCCN)c1ncns1. The maximum atomic E-state index is 5.59. The summed E-state index contributed by atoms with van der Waals surface area (Å²) < 4.78 is 9.44. The van der Waals surface area contributed by atoms with E-state index in [1.807, 2.05) is 24.3 Å². The van der Waals surface area contributed by atoms with Crippen LogP contribution in [0.1, 0.15) is 6.42 Å². The molecule has 0 bridgehead atoms. The highest BCUT2D eigenvalue weighted by Gasteiger charge is 2.15. The van der Waals surface area contributed by atoms with Gasteiger partial charge in [-0.2, -0.15) is 4.37 Å². The van der Waals surface area contributed by atoms with Crippen molar-refractivity contribution in [3.05, 3.63) is 30.6 Å². The number of ether oxygens (including phenoxy) is 1. The Bertz CT molecular complexity index is 475. The molecule has 0 spiro atoms. The Morgan fingerprint density at radius 1 is 1.39 bits per heavy atom. The zero-order chi connectivity index (χ0) is 12.8. The number of anilines is 2. The van der Waals surface area contributed by atoms with Gasteiger partial charge in [0.05, 0.1) is 12.8 Å². The van der Waals surface area contributed by atoms with Crippen molar-refractivity contribution in [3.63, 3.8) is 0 Å². The molecule has 2 N–H and O–H groups in total. The summed E-state index contributed by atoms with van der Waals surface area (Å²) >= 11 is 1.36. The van der Waals surface area contributed by atoms with Gasteiger partial charge < -0.3 is 15.4 Å². The molecule has 0 atom stereocenters. The molecule has 0 amide bonds. The van der Waals surface area contributed by atoms with E-state index in [9.17, 15) is 0 Å². The largest absolute Gasteiger partial charge is 0.495 e. The fourth-order valence-corrected chi connectivity index (χ4v) is 2.28. The number of methoxy groups -OCH3 is 1. The molecule has 0 saturated heterocycles. The van der Waals surface area contributed by atoms with Crippen LogP contribution in [0.3, 0.4) is 0 Å². The highest BCUT2D eigenvalue weighted by atomic mass is 32.1. The molecule has 1 heterocycles. The van der Waals surface area contributed by atoms with Gasteiger partial charge >= 0.3 is 0 Å². The molecule has 0 aliphatic heterocycles. The predicted molar refractivity (Wildman–Crippen MR) is 73.6 cm³/mol. The molecular formula is C12H16N4OS. The van der Waals surface area contributed by atoms with Gasteiger partial charge in [-0.1, -0.05) is 12.1 Å². The second-order valence-electron chi connectivity index (χ2n) is 3.69. The molecular weight excluding hydrogens is 248 g/mol. The van der Waals surface area contributed by atoms with Gasteiger partial charge in [-0.25, -0.2) is 4.98 Å². The standard InChI is InChI=1S/C12H16N4OS/c1-17-11-6-3-2-5-10(11)16(8-4-7-13)12-14-9-15-18-12/h2-3,5-6,9H,4,7-8,13H2,1H3. The summed E-state index contributed by atoms with van der Waals surface area (Å²) in [5.41, 5.74) is 6.58. The zero-order valence-electron chi connectivity index (χ0n) is 10.2. The van der Waals surface area contributed by atoms with Gasteiger partial charge in [0.1, 0.15) is 12.1 Å². The molecule has 5 nitrogen and oxygen atoms in total. The Kier molecular flexibility index (Phi) is 4.49. The van der Waals surface area contributed by atoms with Crippen LogP contribution in [0.4, 0.5) is 10.8 Å². The van der Waals surface area contributed by atoms with Gasteiger partial charge in [0, 0.05) is 18.1 Å². The maximum absolute atomic E-state index is 5.59. The van der Waals surface area contributed by atoms with E-state index in [0.717, 1.165) is 29.5 Å². The lowest BCUT2D eigenvalue weighted by molar-refractivity contribution is 0.415. The minimum absolute atomic E-state index is 0.643. The van der Waals surface area contributed by atoms with Gasteiger partial charge in [-0.3, -0.25) is 0 Å². The summed E-state index contributed by atoms with van der Waals surface area (Å²) in [6.45, 7) is 1.44. The molecule has 6 heteroatoms. The second kappa shape index (κ2) is 6.32. The van der Waals surface area contributed by atoms with Crippen LogP contribution in [-0.2, 0) is 0 Å². The molecule has 2 rings (SSSR count). The topological polar surface area (TPSA) is 64.3 Å². The number of benzene rings is 1. The summed E-state index contributed by atoms with van der Waals surface area (Å²) in [7, 11) is 1.67. The molecule has 2 aromatic rings. The Morgan fingerprint density at radius 3 is 2.89 bits per heavy atom. The van der Waals surface area contributed by atoms with Crippen LogP contribution in [-0.4, -0.2) is 29.6 Å². The van der Waals surface area contributed by atoms with Crippen molar-refractivity contribution in [2.24, 2.45) is 5.73 Å². The molecule has 0 unspecified atom stereocenters. The first-order chi connectivity index (χ1) is 8.86. The smallest absolute Gasteiger partial charge is 0.209 e. The summed E-state index contributed by atoms with van der Waals surface area (Å²) in [5.74, 6) is 0.824. The lowest BCUT2D eigenvalue weighted by Gasteiger charge is -2.23. The minimum atomic E-state index is 0.643. The quantitative estimate of drug-likeness (QED) is 0.865. The first-order valence-electron chi connectivity index (χ1n) is 5.74. The normalized spacial score (nSPS) is 10.3. The zero-order valence-corrected chi connectivity index (χ0v) is 11.1. The molecule has 96 valence electrons. The lowest BCUT2D eigenvalue weighted by Crippen LogP contribution is -2.21. The molecule has 18 heavy (non-hydrogen) atoms. The van der Waals surface area contributed by atoms with Crippen molar-refractivity contribution < 1.29 is 4.74 Å². The first kappa shape index (κ1) is 12.8.